The van der Waals surface area contributed by atoms with Gasteiger partial charge in [0.05, 0.1) is 13.7 Å². The van der Waals surface area contributed by atoms with Crippen LogP contribution in [0.3, 0.4) is 0 Å². The van der Waals surface area contributed by atoms with E-state index in [1.807, 2.05) is 18.2 Å². The summed E-state index contributed by atoms with van der Waals surface area (Å²) in [4.78, 5) is 47.0. The number of furan rings is 1. The van der Waals surface area contributed by atoms with E-state index in [0.717, 1.165) is 37.6 Å². The van der Waals surface area contributed by atoms with Gasteiger partial charge in [0.15, 0.2) is 11.1 Å². The molecule has 2 fully saturated rings. The van der Waals surface area contributed by atoms with Gasteiger partial charge in [-0.3, -0.25) is 14.9 Å². The Morgan fingerprint density at radius 1 is 1.11 bits per heavy atom. The normalized spacial score (nSPS) is 21.9. The van der Waals surface area contributed by atoms with Crippen LogP contribution < -0.4 is 25.6 Å². The topological polar surface area (TPSA) is 129 Å². The zero-order chi connectivity index (χ0) is 24.2. The molecule has 3 aliphatic rings. The molecule has 180 valence electrons. The highest BCUT2D eigenvalue weighted by molar-refractivity contribution is 6.08. The number of aromatic nitrogens is 1. The minimum Gasteiger partial charge on any atom is -0.497 e. The van der Waals surface area contributed by atoms with Crippen molar-refractivity contribution < 1.29 is 23.5 Å². The lowest BCUT2D eigenvalue weighted by Crippen LogP contribution is -2.52. The van der Waals surface area contributed by atoms with E-state index in [1.54, 1.807) is 18.2 Å². The Kier molecular flexibility index (Phi) is 4.88. The molecule has 0 unspecified atom stereocenters. The fourth-order valence-electron chi connectivity index (χ4n) is 4.93. The number of pyridine rings is 1. The van der Waals surface area contributed by atoms with Crippen molar-refractivity contribution in [2.24, 2.45) is 0 Å². The number of nitrogens with one attached hydrogen (secondary N) is 3. The molecule has 11 heteroatoms. The Morgan fingerprint density at radius 3 is 2.69 bits per heavy atom. The third-order valence-electron chi connectivity index (χ3n) is 6.79. The Morgan fingerprint density at radius 2 is 1.94 bits per heavy atom. The summed E-state index contributed by atoms with van der Waals surface area (Å²) >= 11 is 0. The summed E-state index contributed by atoms with van der Waals surface area (Å²) < 4.78 is 11.3. The standard InChI is InChI=1S/C24H24N6O5/c1-34-15-3-2-14-12-30(21(31)16(14)10-15)13-24(22(32)27-23(33)28-24)19-11-17-18(35-19)4-5-20(26-17)29-8-6-25-7-9-29/h2-5,10-11,25H,6-9,12-13H2,1H3,(H2,27,28,32,33)/t24-/m0/s1. The second kappa shape index (κ2) is 7.98. The Labute approximate surface area is 200 Å². The van der Waals surface area contributed by atoms with Crippen LogP contribution in [0.5, 0.6) is 5.75 Å². The zero-order valence-corrected chi connectivity index (χ0v) is 19.1. The van der Waals surface area contributed by atoms with Gasteiger partial charge in [0.2, 0.25) is 0 Å². The minimum atomic E-state index is -1.57. The maximum Gasteiger partial charge on any atom is 0.322 e. The van der Waals surface area contributed by atoms with Gasteiger partial charge in [-0.2, -0.15) is 0 Å². The molecule has 11 nitrogen and oxygen atoms in total. The fourth-order valence-corrected chi connectivity index (χ4v) is 4.93. The number of methoxy groups -OCH3 is 1. The van der Waals surface area contributed by atoms with Gasteiger partial charge < -0.3 is 29.6 Å². The third kappa shape index (κ3) is 3.46. The molecule has 5 heterocycles. The van der Waals surface area contributed by atoms with Gasteiger partial charge in [-0.15, -0.1) is 0 Å². The summed E-state index contributed by atoms with van der Waals surface area (Å²) in [5.41, 5.74) is 0.825. The number of nitrogens with zero attached hydrogens (tertiary/aromatic N) is 3. The summed E-state index contributed by atoms with van der Waals surface area (Å²) in [6.07, 6.45) is 0. The molecular weight excluding hydrogens is 452 g/mol. The first-order chi connectivity index (χ1) is 17.0. The molecule has 6 rings (SSSR count). The van der Waals surface area contributed by atoms with Crippen molar-refractivity contribution in [2.75, 3.05) is 44.7 Å². The third-order valence-corrected chi connectivity index (χ3v) is 6.79. The van der Waals surface area contributed by atoms with Crippen molar-refractivity contribution in [3.8, 4) is 5.75 Å². The Balaban J connectivity index is 1.35. The molecule has 1 aromatic carbocycles. The summed E-state index contributed by atoms with van der Waals surface area (Å²) in [5.74, 6) is 0.790. The smallest absolute Gasteiger partial charge is 0.322 e. The lowest BCUT2D eigenvalue weighted by molar-refractivity contribution is -0.125. The number of carbonyl (C=O) groups is 3. The van der Waals surface area contributed by atoms with E-state index in [1.165, 1.54) is 12.0 Å². The molecule has 35 heavy (non-hydrogen) atoms. The molecule has 2 aromatic heterocycles. The maximum absolute atomic E-state index is 13.2. The molecule has 3 N–H and O–H groups in total. The van der Waals surface area contributed by atoms with E-state index in [0.29, 0.717) is 29.0 Å². The van der Waals surface area contributed by atoms with Crippen LogP contribution in [0.4, 0.5) is 10.6 Å². The van der Waals surface area contributed by atoms with Gasteiger partial charge in [0.1, 0.15) is 22.8 Å². The van der Waals surface area contributed by atoms with Gasteiger partial charge in [0.25, 0.3) is 11.8 Å². The number of rotatable bonds is 5. The monoisotopic (exact) mass is 476 g/mol. The van der Waals surface area contributed by atoms with Gasteiger partial charge in [-0.05, 0) is 29.8 Å². The van der Waals surface area contributed by atoms with Crippen LogP contribution in [0, 0.1) is 0 Å². The van der Waals surface area contributed by atoms with Crippen molar-refractivity contribution >= 4 is 34.8 Å². The minimum absolute atomic E-state index is 0.0924. The van der Waals surface area contributed by atoms with Crippen LogP contribution in [-0.4, -0.2) is 67.6 Å². The van der Waals surface area contributed by atoms with Crippen LogP contribution in [-0.2, 0) is 16.9 Å². The summed E-state index contributed by atoms with van der Waals surface area (Å²) in [6, 6.07) is 10.0. The van der Waals surface area contributed by atoms with E-state index < -0.39 is 17.5 Å². The highest BCUT2D eigenvalue weighted by Crippen LogP contribution is 2.35. The Bertz CT molecular complexity index is 1360. The van der Waals surface area contributed by atoms with E-state index in [9.17, 15) is 14.4 Å². The van der Waals surface area contributed by atoms with Gasteiger partial charge >= 0.3 is 6.03 Å². The highest BCUT2D eigenvalue weighted by atomic mass is 16.5. The molecule has 4 amide bonds. The van der Waals surface area contributed by atoms with Crippen molar-refractivity contribution in [3.05, 3.63) is 53.3 Å². The quantitative estimate of drug-likeness (QED) is 0.464. The number of benzene rings is 1. The van der Waals surface area contributed by atoms with Crippen molar-refractivity contribution in [1.82, 2.24) is 25.8 Å². The van der Waals surface area contributed by atoms with Crippen molar-refractivity contribution in [2.45, 2.75) is 12.1 Å². The summed E-state index contributed by atoms with van der Waals surface area (Å²) in [7, 11) is 1.54. The van der Waals surface area contributed by atoms with Gasteiger partial charge in [0, 0.05) is 44.4 Å². The lowest BCUT2D eigenvalue weighted by atomic mass is 9.95. The number of hydrogen-bond acceptors (Lipinski definition) is 8. The van der Waals surface area contributed by atoms with Crippen LogP contribution in [0.25, 0.3) is 11.1 Å². The molecule has 0 radical (unpaired) electrons. The highest BCUT2D eigenvalue weighted by Gasteiger charge is 2.53. The molecule has 0 spiro atoms. The van der Waals surface area contributed by atoms with Gasteiger partial charge in [-0.25, -0.2) is 9.78 Å². The first-order valence-electron chi connectivity index (χ1n) is 11.4. The number of ether oxygens (including phenoxy) is 1. The number of imide groups is 1. The molecule has 3 aliphatic heterocycles. The molecule has 0 bridgehead atoms. The predicted molar refractivity (Wildman–Crippen MR) is 125 cm³/mol. The van der Waals surface area contributed by atoms with Crippen LogP contribution in [0.2, 0.25) is 0 Å². The fraction of sp³-hybridized carbons (Fsp3) is 0.333. The molecule has 1 atom stereocenters. The largest absolute Gasteiger partial charge is 0.497 e. The van der Waals surface area contributed by atoms with E-state index >= 15 is 0 Å². The van der Waals surface area contributed by atoms with E-state index in [2.05, 4.69) is 20.9 Å². The average Bonchev–Trinajstić information content (AvgIpc) is 3.53. The van der Waals surface area contributed by atoms with E-state index in [4.69, 9.17) is 14.1 Å². The maximum atomic E-state index is 13.2. The lowest BCUT2D eigenvalue weighted by Gasteiger charge is -2.28. The van der Waals surface area contributed by atoms with Crippen LogP contribution in [0.15, 0.2) is 40.8 Å². The number of carbonyl (C=O) groups excluding carboxylic acids is 3. The summed E-state index contributed by atoms with van der Waals surface area (Å²) in [5, 5.41) is 8.33. The van der Waals surface area contributed by atoms with Crippen molar-refractivity contribution in [3.63, 3.8) is 0 Å². The summed E-state index contributed by atoms with van der Waals surface area (Å²) in [6.45, 7) is 3.65. The SMILES string of the molecule is COc1ccc2c(c1)C(=O)N(C[C@@]1(c3cc4nc(N5CCNCC5)ccc4o3)NC(=O)NC1=O)C2. The molecule has 0 saturated carbocycles. The molecule has 3 aromatic rings. The molecule has 0 aliphatic carbocycles. The van der Waals surface area contributed by atoms with E-state index in [-0.39, 0.29) is 18.2 Å². The first kappa shape index (κ1) is 21.4. The molecule has 2 saturated heterocycles. The molecular formula is C24H24N6O5. The number of urea groups is 1. The second-order valence-corrected chi connectivity index (χ2v) is 8.90. The first-order valence-corrected chi connectivity index (χ1v) is 11.4. The van der Waals surface area contributed by atoms with Crippen molar-refractivity contribution in [1.29, 1.82) is 0 Å². The number of anilines is 1. The zero-order valence-electron chi connectivity index (χ0n) is 19.1. The van der Waals surface area contributed by atoms with Crippen LogP contribution >= 0.6 is 0 Å². The average molecular weight is 476 g/mol. The number of hydrogen-bond donors (Lipinski definition) is 3. The Hall–Kier alpha value is -4.12. The van der Waals surface area contributed by atoms with Crippen LogP contribution in [0.1, 0.15) is 21.7 Å². The van der Waals surface area contributed by atoms with Gasteiger partial charge in [-0.1, -0.05) is 6.07 Å². The predicted octanol–water partition coefficient (Wildman–Crippen LogP) is 0.937. The number of fused-ring (bicyclic) bond motifs is 2. The second-order valence-electron chi connectivity index (χ2n) is 8.90. The number of piperazine rings is 1. The number of amides is 4.